The van der Waals surface area contributed by atoms with E-state index in [1.165, 1.54) is 26.1 Å². The summed E-state index contributed by atoms with van der Waals surface area (Å²) in [6.45, 7) is 3.41. The molecule has 0 bridgehead atoms. The van der Waals surface area contributed by atoms with Gasteiger partial charge >= 0.3 is 18.4 Å². The fourth-order valence-electron chi connectivity index (χ4n) is 4.58. The number of benzene rings is 2. The van der Waals surface area contributed by atoms with Crippen molar-refractivity contribution in [2.45, 2.75) is 57.2 Å². The first-order valence-electron chi connectivity index (χ1n) is 11.4. The van der Waals surface area contributed by atoms with Crippen molar-refractivity contribution in [3.05, 3.63) is 70.0 Å². The monoisotopic (exact) mass is 591 g/mol. The maximum Gasteiger partial charge on any atom is 0.416 e. The number of hydrogen-bond donors (Lipinski definition) is 1. The Balaban J connectivity index is 0.00000361. The molecule has 1 aliphatic heterocycles. The molecular formula is C25H30Cl2F7N3O. The molecule has 214 valence electrons. The first-order valence-corrected chi connectivity index (χ1v) is 11.4. The fraction of sp³-hybridized carbons (Fsp3) is 0.480. The van der Waals surface area contributed by atoms with Crippen molar-refractivity contribution in [3.8, 4) is 0 Å². The Kier molecular flexibility index (Phi) is 11.3. The Morgan fingerprint density at radius 3 is 2.05 bits per heavy atom. The second-order valence-corrected chi connectivity index (χ2v) is 9.13. The van der Waals surface area contributed by atoms with E-state index in [1.54, 1.807) is 24.9 Å². The van der Waals surface area contributed by atoms with Crippen LogP contribution < -0.4 is 5.32 Å². The van der Waals surface area contributed by atoms with Gasteiger partial charge in [0.1, 0.15) is 5.82 Å². The first kappa shape index (κ1) is 33.8. The van der Waals surface area contributed by atoms with Gasteiger partial charge in [-0.1, -0.05) is 6.07 Å². The summed E-state index contributed by atoms with van der Waals surface area (Å²) in [5.74, 6) is -0.425. The van der Waals surface area contributed by atoms with Crippen molar-refractivity contribution in [2.75, 3.05) is 20.6 Å². The van der Waals surface area contributed by atoms with E-state index in [0.29, 0.717) is 37.1 Å². The molecule has 0 saturated carbocycles. The molecule has 0 radical (unpaired) electrons. The molecule has 0 aromatic heterocycles. The minimum Gasteiger partial charge on any atom is -0.321 e. The van der Waals surface area contributed by atoms with E-state index in [1.807, 2.05) is 0 Å². The van der Waals surface area contributed by atoms with Gasteiger partial charge in [0, 0.05) is 19.6 Å². The number of carbonyl (C=O) groups excluding carboxylic acids is 1. The lowest BCUT2D eigenvalue weighted by molar-refractivity contribution is -0.143. The highest BCUT2D eigenvalue weighted by Gasteiger charge is 2.39. The number of nitrogens with one attached hydrogen (secondary N) is 1. The third kappa shape index (κ3) is 7.45. The third-order valence-electron chi connectivity index (χ3n) is 6.82. The molecule has 2 aromatic rings. The van der Waals surface area contributed by atoms with Crippen molar-refractivity contribution >= 4 is 30.8 Å². The molecular weight excluding hydrogens is 562 g/mol. The maximum atomic E-state index is 13.7. The van der Waals surface area contributed by atoms with Crippen LogP contribution >= 0.6 is 24.8 Å². The van der Waals surface area contributed by atoms with Crippen LogP contribution in [0, 0.1) is 12.7 Å². The van der Waals surface area contributed by atoms with E-state index in [-0.39, 0.29) is 42.5 Å². The highest BCUT2D eigenvalue weighted by atomic mass is 35.5. The predicted octanol–water partition coefficient (Wildman–Crippen LogP) is 7.55. The average molecular weight is 592 g/mol. The van der Waals surface area contributed by atoms with E-state index in [4.69, 9.17) is 0 Å². The number of rotatable bonds is 4. The van der Waals surface area contributed by atoms with E-state index in [2.05, 4.69) is 5.32 Å². The van der Waals surface area contributed by atoms with Crippen molar-refractivity contribution in [3.63, 3.8) is 0 Å². The van der Waals surface area contributed by atoms with Crippen molar-refractivity contribution < 1.29 is 35.5 Å². The maximum absolute atomic E-state index is 13.7. The van der Waals surface area contributed by atoms with Crippen LogP contribution in [0.2, 0.25) is 0 Å². The summed E-state index contributed by atoms with van der Waals surface area (Å²) in [5, 5.41) is 3.17. The normalized spacial score (nSPS) is 18.8. The molecule has 0 spiro atoms. The average Bonchev–Trinajstić information content (AvgIpc) is 2.81. The lowest BCUT2D eigenvalue weighted by Crippen LogP contribution is -2.50. The summed E-state index contributed by atoms with van der Waals surface area (Å²) in [6.07, 6.45) is -8.86. The van der Waals surface area contributed by atoms with Crippen LogP contribution in [0.1, 0.15) is 59.7 Å². The molecule has 1 aliphatic rings. The third-order valence-corrected chi connectivity index (χ3v) is 6.82. The summed E-state index contributed by atoms with van der Waals surface area (Å²) in [5.41, 5.74) is -1.79. The number of halogens is 9. The first-order chi connectivity index (χ1) is 16.6. The van der Waals surface area contributed by atoms with Crippen LogP contribution in [-0.2, 0) is 12.4 Å². The number of alkyl halides is 6. The topological polar surface area (TPSA) is 35.6 Å². The van der Waals surface area contributed by atoms with E-state index in [0.717, 1.165) is 10.5 Å². The molecule has 1 saturated heterocycles. The van der Waals surface area contributed by atoms with Crippen LogP contribution in [0.3, 0.4) is 0 Å². The fourth-order valence-corrected chi connectivity index (χ4v) is 4.58. The Bertz CT molecular complexity index is 1080. The van der Waals surface area contributed by atoms with Gasteiger partial charge in [-0.15, -0.1) is 24.8 Å². The highest BCUT2D eigenvalue weighted by Crippen LogP contribution is 2.39. The summed E-state index contributed by atoms with van der Waals surface area (Å²) in [7, 11) is 3.13. The molecule has 4 nitrogen and oxygen atoms in total. The number of likely N-dealkylation sites (tertiary alicyclic amines) is 1. The Morgan fingerprint density at radius 1 is 1.03 bits per heavy atom. The van der Waals surface area contributed by atoms with E-state index in [9.17, 15) is 35.5 Å². The van der Waals surface area contributed by atoms with Gasteiger partial charge in [-0.2, -0.15) is 26.3 Å². The molecule has 2 amide bonds. The molecule has 1 N–H and O–H groups in total. The molecule has 2 aromatic carbocycles. The molecule has 3 atom stereocenters. The zero-order valence-corrected chi connectivity index (χ0v) is 22.7. The van der Waals surface area contributed by atoms with Gasteiger partial charge in [-0.05, 0) is 80.8 Å². The van der Waals surface area contributed by atoms with Crippen LogP contribution in [0.15, 0.2) is 36.4 Å². The van der Waals surface area contributed by atoms with Crippen molar-refractivity contribution in [1.82, 2.24) is 15.1 Å². The number of piperidine rings is 1. The number of nitrogens with zero attached hydrogens (tertiary/aromatic N) is 2. The van der Waals surface area contributed by atoms with E-state index >= 15 is 0 Å². The predicted molar refractivity (Wildman–Crippen MR) is 135 cm³/mol. The molecule has 0 unspecified atom stereocenters. The molecule has 13 heteroatoms. The number of hydrogen-bond acceptors (Lipinski definition) is 2. The molecule has 1 fully saturated rings. The zero-order chi connectivity index (χ0) is 27.0. The summed E-state index contributed by atoms with van der Waals surface area (Å²) in [4.78, 5) is 16.2. The van der Waals surface area contributed by atoms with Crippen LogP contribution in [-0.4, -0.2) is 42.5 Å². The summed E-state index contributed by atoms with van der Waals surface area (Å²) < 4.78 is 93.7. The smallest absolute Gasteiger partial charge is 0.321 e. The lowest BCUT2D eigenvalue weighted by atomic mass is 9.89. The van der Waals surface area contributed by atoms with Gasteiger partial charge in [0.05, 0.1) is 23.2 Å². The Hall–Kier alpha value is -2.24. The minimum atomic E-state index is -4.99. The van der Waals surface area contributed by atoms with Gasteiger partial charge in [-0.25, -0.2) is 9.18 Å². The molecule has 38 heavy (non-hydrogen) atoms. The van der Waals surface area contributed by atoms with Crippen molar-refractivity contribution in [2.24, 2.45) is 0 Å². The number of carbonyl (C=O) groups is 1. The van der Waals surface area contributed by atoms with Crippen molar-refractivity contribution in [1.29, 1.82) is 0 Å². The summed E-state index contributed by atoms with van der Waals surface area (Å²) in [6, 6.07) is 3.57. The summed E-state index contributed by atoms with van der Waals surface area (Å²) >= 11 is 0. The van der Waals surface area contributed by atoms with Crippen LogP contribution in [0.5, 0.6) is 0 Å². The Morgan fingerprint density at radius 2 is 1.58 bits per heavy atom. The zero-order valence-electron chi connectivity index (χ0n) is 21.1. The second kappa shape index (κ2) is 12.7. The number of aryl methyl sites for hydroxylation is 1. The SMILES string of the molecule is CN[C@@H]1CCN(C(=O)N(C)[C@H](C)c2cc(C(F)(F)F)cc(C(F)(F)F)c2)[C@@H](c2ccc(F)cc2C)C1.Cl.Cl. The highest BCUT2D eigenvalue weighted by molar-refractivity contribution is 5.85. The van der Waals surface area contributed by atoms with Crippen LogP contribution in [0.4, 0.5) is 35.5 Å². The molecule has 0 aliphatic carbocycles. The van der Waals surface area contributed by atoms with Gasteiger partial charge in [-0.3, -0.25) is 0 Å². The standard InChI is InChI=1S/C25H28F7N3O.2ClH/c1-14-9-19(26)5-6-21(14)22-13-20(33-3)7-8-35(22)23(36)34(4)15(2)16-10-17(24(27,28)29)12-18(11-16)25(30,31)32;;/h5-6,9-12,15,20,22,33H,7-8,13H2,1-4H3;2*1H/t15-,20-,22-;;/m1../s1. The number of urea groups is 1. The van der Waals surface area contributed by atoms with Crippen LogP contribution in [0.25, 0.3) is 0 Å². The molecule has 1 heterocycles. The second-order valence-electron chi connectivity index (χ2n) is 9.13. The lowest BCUT2D eigenvalue weighted by Gasteiger charge is -2.43. The molecule has 3 rings (SSSR count). The number of amides is 2. The largest absolute Gasteiger partial charge is 0.416 e. The van der Waals surface area contributed by atoms with E-state index < -0.39 is 47.4 Å². The van der Waals surface area contributed by atoms with Gasteiger partial charge in [0.25, 0.3) is 0 Å². The Labute approximate surface area is 229 Å². The minimum absolute atomic E-state index is 0. The van der Waals surface area contributed by atoms with Gasteiger partial charge in [0.15, 0.2) is 0 Å². The van der Waals surface area contributed by atoms with Gasteiger partial charge in [0.2, 0.25) is 0 Å². The van der Waals surface area contributed by atoms with Gasteiger partial charge < -0.3 is 15.1 Å². The quantitative estimate of drug-likeness (QED) is 0.372.